The van der Waals surface area contributed by atoms with Crippen molar-refractivity contribution in [3.8, 4) is 0 Å². The van der Waals surface area contributed by atoms with E-state index < -0.39 is 0 Å². The minimum atomic E-state index is 0.117. The van der Waals surface area contributed by atoms with Crippen molar-refractivity contribution >= 4 is 0 Å². The highest BCUT2D eigenvalue weighted by Crippen LogP contribution is 2.52. The minimum Gasteiger partial charge on any atom is -0.324 e. The summed E-state index contributed by atoms with van der Waals surface area (Å²) in [5.41, 5.74) is 7.44. The number of rotatable bonds is 2. The van der Waals surface area contributed by atoms with E-state index in [1.54, 1.807) is 0 Å². The van der Waals surface area contributed by atoms with Crippen LogP contribution in [0.2, 0.25) is 0 Å². The summed E-state index contributed by atoms with van der Waals surface area (Å²) in [5.74, 6) is 1.68. The lowest BCUT2D eigenvalue weighted by molar-refractivity contribution is -0.00195. The first-order chi connectivity index (χ1) is 8.01. The second-order valence-corrected chi connectivity index (χ2v) is 7.19. The van der Waals surface area contributed by atoms with Crippen LogP contribution >= 0.6 is 0 Å². The van der Waals surface area contributed by atoms with Crippen LogP contribution in [0.25, 0.3) is 0 Å². The number of hydrogen-bond donors (Lipinski definition) is 1. The topological polar surface area (TPSA) is 26.0 Å². The van der Waals surface area contributed by atoms with E-state index in [0.29, 0.717) is 5.41 Å². The lowest BCUT2D eigenvalue weighted by atomic mass is 9.53. The third-order valence-corrected chi connectivity index (χ3v) is 6.00. The zero-order valence-corrected chi connectivity index (χ0v) is 12.1. The minimum absolute atomic E-state index is 0.117. The van der Waals surface area contributed by atoms with E-state index in [2.05, 4.69) is 20.8 Å². The molecule has 2 rings (SSSR count). The van der Waals surface area contributed by atoms with Gasteiger partial charge in [-0.3, -0.25) is 0 Å². The van der Waals surface area contributed by atoms with Gasteiger partial charge in [-0.25, -0.2) is 0 Å². The highest BCUT2D eigenvalue weighted by molar-refractivity contribution is 5.06. The zero-order valence-electron chi connectivity index (χ0n) is 12.1. The van der Waals surface area contributed by atoms with Gasteiger partial charge in [-0.05, 0) is 36.5 Å². The van der Waals surface area contributed by atoms with Crippen LogP contribution in [0.4, 0.5) is 0 Å². The van der Waals surface area contributed by atoms with Gasteiger partial charge in [0, 0.05) is 5.54 Å². The fourth-order valence-corrected chi connectivity index (χ4v) is 4.62. The van der Waals surface area contributed by atoms with Crippen LogP contribution in [0.15, 0.2) is 0 Å². The highest BCUT2D eigenvalue weighted by atomic mass is 14.8. The van der Waals surface area contributed by atoms with Gasteiger partial charge < -0.3 is 5.73 Å². The van der Waals surface area contributed by atoms with E-state index >= 15 is 0 Å². The lowest BCUT2D eigenvalue weighted by Gasteiger charge is -2.55. The quantitative estimate of drug-likeness (QED) is 0.752. The third-order valence-electron chi connectivity index (χ3n) is 6.00. The molecule has 0 spiro atoms. The average Bonchev–Trinajstić information content (AvgIpc) is 2.33. The largest absolute Gasteiger partial charge is 0.324 e. The maximum absolute atomic E-state index is 6.98. The molecule has 0 amide bonds. The van der Waals surface area contributed by atoms with Gasteiger partial charge in [0.2, 0.25) is 0 Å². The molecule has 17 heavy (non-hydrogen) atoms. The Labute approximate surface area is 108 Å². The Balaban J connectivity index is 2.22. The number of hydrogen-bond acceptors (Lipinski definition) is 1. The second-order valence-electron chi connectivity index (χ2n) is 7.19. The predicted octanol–water partition coefficient (Wildman–Crippen LogP) is 4.50. The van der Waals surface area contributed by atoms with E-state index in [1.807, 2.05) is 0 Å². The van der Waals surface area contributed by atoms with Crippen molar-refractivity contribution in [3.05, 3.63) is 0 Å². The smallest absolute Gasteiger partial charge is 0.0237 e. The van der Waals surface area contributed by atoms with E-state index in [-0.39, 0.29) is 5.54 Å². The van der Waals surface area contributed by atoms with Crippen LogP contribution in [-0.4, -0.2) is 5.54 Å². The number of nitrogens with two attached hydrogens (primary N) is 1. The maximum atomic E-state index is 6.98. The van der Waals surface area contributed by atoms with Crippen molar-refractivity contribution < 1.29 is 0 Å². The Morgan fingerprint density at radius 2 is 1.65 bits per heavy atom. The molecule has 2 saturated carbocycles. The molecule has 0 heterocycles. The first-order valence-corrected chi connectivity index (χ1v) is 7.80. The Kier molecular flexibility index (Phi) is 3.87. The fourth-order valence-electron chi connectivity index (χ4n) is 4.62. The Morgan fingerprint density at radius 3 is 2.29 bits per heavy atom. The van der Waals surface area contributed by atoms with Crippen molar-refractivity contribution in [2.45, 2.75) is 84.1 Å². The van der Waals surface area contributed by atoms with Gasteiger partial charge in [-0.15, -0.1) is 0 Å². The molecule has 0 aromatic rings. The van der Waals surface area contributed by atoms with Gasteiger partial charge in [-0.1, -0.05) is 59.3 Å². The van der Waals surface area contributed by atoms with E-state index in [9.17, 15) is 0 Å². The molecule has 1 heteroatoms. The van der Waals surface area contributed by atoms with E-state index in [4.69, 9.17) is 5.73 Å². The van der Waals surface area contributed by atoms with Gasteiger partial charge in [0.25, 0.3) is 0 Å². The molecule has 3 atom stereocenters. The summed E-state index contributed by atoms with van der Waals surface area (Å²) >= 11 is 0. The van der Waals surface area contributed by atoms with Crippen LogP contribution < -0.4 is 5.73 Å². The Bertz CT molecular complexity index is 258. The summed E-state index contributed by atoms with van der Waals surface area (Å²) < 4.78 is 0. The van der Waals surface area contributed by atoms with Crippen LogP contribution in [0.1, 0.15) is 78.6 Å². The van der Waals surface area contributed by atoms with Gasteiger partial charge >= 0.3 is 0 Å². The van der Waals surface area contributed by atoms with Gasteiger partial charge in [-0.2, -0.15) is 0 Å². The molecule has 0 aromatic heterocycles. The standard InChI is InChI=1S/C16H31N/c1-4-13-9-5-6-10-14(13)16(17)12-8-7-11-15(16,2)3/h13-14H,4-12,17H2,1-3H3. The second kappa shape index (κ2) is 4.91. The third kappa shape index (κ3) is 2.28. The maximum Gasteiger partial charge on any atom is 0.0237 e. The normalized spacial score (nSPS) is 42.4. The molecule has 100 valence electrons. The lowest BCUT2D eigenvalue weighted by Crippen LogP contribution is -2.61. The van der Waals surface area contributed by atoms with Gasteiger partial charge in [0.15, 0.2) is 0 Å². The van der Waals surface area contributed by atoms with Crippen LogP contribution in [-0.2, 0) is 0 Å². The van der Waals surface area contributed by atoms with Crippen molar-refractivity contribution in [2.24, 2.45) is 23.0 Å². The molecule has 2 aliphatic carbocycles. The molecule has 2 N–H and O–H groups in total. The Morgan fingerprint density at radius 1 is 1.00 bits per heavy atom. The molecule has 2 fully saturated rings. The monoisotopic (exact) mass is 237 g/mol. The summed E-state index contributed by atoms with van der Waals surface area (Å²) in [6.07, 6.45) is 12.3. The molecular formula is C16H31N. The van der Waals surface area contributed by atoms with Crippen molar-refractivity contribution in [3.63, 3.8) is 0 Å². The molecule has 0 aromatic carbocycles. The molecule has 3 unspecified atom stereocenters. The van der Waals surface area contributed by atoms with Gasteiger partial charge in [0.1, 0.15) is 0 Å². The molecular weight excluding hydrogens is 206 g/mol. The SMILES string of the molecule is CCC1CCCCC1C1(N)CCCCC1(C)C. The average molecular weight is 237 g/mol. The molecule has 0 saturated heterocycles. The van der Waals surface area contributed by atoms with Crippen LogP contribution in [0.5, 0.6) is 0 Å². The van der Waals surface area contributed by atoms with Crippen LogP contribution in [0, 0.1) is 17.3 Å². The first-order valence-electron chi connectivity index (χ1n) is 7.80. The molecule has 0 bridgehead atoms. The molecule has 0 radical (unpaired) electrons. The van der Waals surface area contributed by atoms with E-state index in [1.165, 1.54) is 57.8 Å². The highest BCUT2D eigenvalue weighted by Gasteiger charge is 2.50. The summed E-state index contributed by atoms with van der Waals surface area (Å²) in [4.78, 5) is 0. The van der Waals surface area contributed by atoms with Crippen molar-refractivity contribution in [1.82, 2.24) is 0 Å². The summed E-state index contributed by atoms with van der Waals surface area (Å²) in [6.45, 7) is 7.21. The van der Waals surface area contributed by atoms with Crippen molar-refractivity contribution in [1.29, 1.82) is 0 Å². The van der Waals surface area contributed by atoms with E-state index in [0.717, 1.165) is 11.8 Å². The zero-order chi connectivity index (χ0) is 12.5. The Hall–Kier alpha value is -0.0400. The molecule has 2 aliphatic rings. The molecule has 0 aliphatic heterocycles. The summed E-state index contributed by atoms with van der Waals surface area (Å²) in [7, 11) is 0. The fraction of sp³-hybridized carbons (Fsp3) is 1.00. The first kappa shape index (κ1) is 13.4. The molecule has 1 nitrogen and oxygen atoms in total. The summed E-state index contributed by atoms with van der Waals surface area (Å²) in [6, 6.07) is 0. The van der Waals surface area contributed by atoms with Crippen LogP contribution in [0.3, 0.4) is 0 Å². The predicted molar refractivity (Wildman–Crippen MR) is 74.9 cm³/mol. The van der Waals surface area contributed by atoms with Gasteiger partial charge in [0.05, 0.1) is 0 Å². The summed E-state index contributed by atoms with van der Waals surface area (Å²) in [5, 5.41) is 0. The van der Waals surface area contributed by atoms with Crippen molar-refractivity contribution in [2.75, 3.05) is 0 Å².